The third-order valence-corrected chi connectivity index (χ3v) is 4.11. The minimum Gasteiger partial charge on any atom is -0.353 e. The van der Waals surface area contributed by atoms with Crippen molar-refractivity contribution in [2.75, 3.05) is 18.6 Å². The van der Waals surface area contributed by atoms with Gasteiger partial charge in [-0.1, -0.05) is 6.92 Å². The molecule has 0 bridgehead atoms. The molecule has 112 valence electrons. The van der Waals surface area contributed by atoms with E-state index in [0.717, 1.165) is 19.1 Å². The lowest BCUT2D eigenvalue weighted by Gasteiger charge is -2.19. The van der Waals surface area contributed by atoms with Crippen LogP contribution in [0.5, 0.6) is 0 Å². The first-order valence-electron chi connectivity index (χ1n) is 6.31. The molecule has 0 radical (unpaired) electrons. The molecule has 0 saturated heterocycles. The Hall–Kier alpha value is -1.62. The number of sulfone groups is 1. The first-order valence-corrected chi connectivity index (χ1v) is 8.37. The molecular formula is C12H19N3O4S. The standard InChI is InChI=1S/C12H19N3O4S/c1-12(4-5-12)11(17)15-9(8-20(2,18)19)10(16)14-7-3-6-13/h9H,3-5,7-8H2,1-2H3,(H,14,16)(H,15,17). The summed E-state index contributed by atoms with van der Waals surface area (Å²) in [6, 6.07) is 0.748. The van der Waals surface area contributed by atoms with Gasteiger partial charge in [0.15, 0.2) is 0 Å². The zero-order chi connectivity index (χ0) is 15.4. The molecule has 1 unspecified atom stereocenters. The molecule has 0 spiro atoms. The fourth-order valence-electron chi connectivity index (χ4n) is 1.60. The second-order valence-electron chi connectivity index (χ2n) is 5.38. The van der Waals surface area contributed by atoms with Crippen molar-refractivity contribution in [1.82, 2.24) is 10.6 Å². The van der Waals surface area contributed by atoms with Crippen LogP contribution in [0.3, 0.4) is 0 Å². The first-order chi connectivity index (χ1) is 9.18. The van der Waals surface area contributed by atoms with E-state index in [9.17, 15) is 18.0 Å². The van der Waals surface area contributed by atoms with Crippen molar-refractivity contribution in [2.24, 2.45) is 5.41 Å². The molecule has 1 rings (SSSR count). The van der Waals surface area contributed by atoms with Gasteiger partial charge >= 0.3 is 0 Å². The topological polar surface area (TPSA) is 116 Å². The summed E-state index contributed by atoms with van der Waals surface area (Å²) in [6.07, 6.45) is 2.61. The Labute approximate surface area is 118 Å². The SMILES string of the molecule is CC1(C(=O)NC(CS(C)(=O)=O)C(=O)NCCC#N)CC1. The number of carbonyl (C=O) groups is 2. The van der Waals surface area contributed by atoms with Crippen molar-refractivity contribution >= 4 is 21.7 Å². The minimum absolute atomic E-state index is 0.128. The molecule has 0 heterocycles. The minimum atomic E-state index is -3.41. The first kappa shape index (κ1) is 16.4. The van der Waals surface area contributed by atoms with Crippen molar-refractivity contribution in [1.29, 1.82) is 5.26 Å². The number of nitrogens with one attached hydrogen (secondary N) is 2. The normalized spacial score (nSPS) is 17.6. The maximum Gasteiger partial charge on any atom is 0.243 e. The fraction of sp³-hybridized carbons (Fsp3) is 0.750. The van der Waals surface area contributed by atoms with Crippen molar-refractivity contribution < 1.29 is 18.0 Å². The highest BCUT2D eigenvalue weighted by Gasteiger charge is 2.46. The second-order valence-corrected chi connectivity index (χ2v) is 7.56. The Bertz CT molecular complexity index is 531. The molecule has 8 heteroatoms. The lowest BCUT2D eigenvalue weighted by Crippen LogP contribution is -2.52. The van der Waals surface area contributed by atoms with Crippen molar-refractivity contribution in [2.45, 2.75) is 32.2 Å². The number of hydrogen-bond donors (Lipinski definition) is 2. The van der Waals surface area contributed by atoms with Crippen LogP contribution in [0, 0.1) is 16.7 Å². The molecule has 2 N–H and O–H groups in total. The number of hydrogen-bond acceptors (Lipinski definition) is 5. The van der Waals surface area contributed by atoms with Gasteiger partial charge in [-0.25, -0.2) is 8.42 Å². The summed E-state index contributed by atoms with van der Waals surface area (Å²) in [5, 5.41) is 13.3. The predicted molar refractivity (Wildman–Crippen MR) is 72.2 cm³/mol. The van der Waals surface area contributed by atoms with E-state index in [4.69, 9.17) is 5.26 Å². The lowest BCUT2D eigenvalue weighted by molar-refractivity contribution is -0.131. The van der Waals surface area contributed by atoms with Crippen molar-refractivity contribution in [3.63, 3.8) is 0 Å². The van der Waals surface area contributed by atoms with Crippen LogP contribution in [0.2, 0.25) is 0 Å². The van der Waals surface area contributed by atoms with Gasteiger partial charge in [0, 0.05) is 18.2 Å². The van der Waals surface area contributed by atoms with Gasteiger partial charge in [-0.05, 0) is 12.8 Å². The van der Waals surface area contributed by atoms with Crippen LogP contribution in [-0.4, -0.2) is 44.8 Å². The predicted octanol–water partition coefficient (Wildman–Crippen LogP) is -0.654. The van der Waals surface area contributed by atoms with Crippen LogP contribution in [-0.2, 0) is 19.4 Å². The number of amides is 2. The van der Waals surface area contributed by atoms with Gasteiger partial charge in [0.25, 0.3) is 0 Å². The second kappa shape index (κ2) is 6.22. The Kier molecular flexibility index (Phi) is 5.11. The Morgan fingerprint density at radius 3 is 2.45 bits per heavy atom. The molecule has 1 aliphatic carbocycles. The van der Waals surface area contributed by atoms with Gasteiger partial charge in [0.2, 0.25) is 11.8 Å². The molecular weight excluding hydrogens is 282 g/mol. The number of rotatable bonds is 7. The largest absolute Gasteiger partial charge is 0.353 e. The average molecular weight is 301 g/mol. The summed E-state index contributed by atoms with van der Waals surface area (Å²) in [7, 11) is -3.41. The van der Waals surface area contributed by atoms with Gasteiger partial charge in [-0.2, -0.15) is 5.26 Å². The molecule has 20 heavy (non-hydrogen) atoms. The average Bonchev–Trinajstić information content (AvgIpc) is 3.06. The molecule has 1 aliphatic rings. The van der Waals surface area contributed by atoms with E-state index in [1.165, 1.54) is 0 Å². The molecule has 7 nitrogen and oxygen atoms in total. The maximum absolute atomic E-state index is 11.9. The van der Waals surface area contributed by atoms with Gasteiger partial charge in [-0.15, -0.1) is 0 Å². The molecule has 0 aliphatic heterocycles. The highest BCUT2D eigenvalue weighted by molar-refractivity contribution is 7.90. The van der Waals surface area contributed by atoms with Gasteiger partial charge in [0.05, 0.1) is 18.2 Å². The van der Waals surface area contributed by atoms with E-state index in [-0.39, 0.29) is 18.9 Å². The highest BCUT2D eigenvalue weighted by Crippen LogP contribution is 2.45. The molecule has 1 fully saturated rings. The van der Waals surface area contributed by atoms with Crippen LogP contribution in [0.4, 0.5) is 0 Å². The van der Waals surface area contributed by atoms with E-state index in [1.807, 2.05) is 6.07 Å². The Morgan fingerprint density at radius 2 is 2.00 bits per heavy atom. The van der Waals surface area contributed by atoms with Crippen LogP contribution >= 0.6 is 0 Å². The maximum atomic E-state index is 11.9. The van der Waals surface area contributed by atoms with Crippen LogP contribution in [0.25, 0.3) is 0 Å². The quantitative estimate of drug-likeness (QED) is 0.606. The molecule has 1 atom stereocenters. The summed E-state index contributed by atoms with van der Waals surface area (Å²) in [6.45, 7) is 1.90. The van der Waals surface area contributed by atoms with Crippen LogP contribution < -0.4 is 10.6 Å². The van der Waals surface area contributed by atoms with Crippen LogP contribution in [0.15, 0.2) is 0 Å². The monoisotopic (exact) mass is 301 g/mol. The van der Waals surface area contributed by atoms with E-state index in [0.29, 0.717) is 0 Å². The zero-order valence-corrected chi connectivity index (χ0v) is 12.4. The molecule has 1 saturated carbocycles. The summed E-state index contributed by atoms with van der Waals surface area (Å²) in [5.74, 6) is -1.34. The van der Waals surface area contributed by atoms with E-state index in [1.54, 1.807) is 6.92 Å². The van der Waals surface area contributed by atoms with E-state index in [2.05, 4.69) is 10.6 Å². The fourth-order valence-corrected chi connectivity index (χ4v) is 2.44. The number of carbonyl (C=O) groups excluding carboxylic acids is 2. The molecule has 0 aromatic heterocycles. The van der Waals surface area contributed by atoms with Crippen molar-refractivity contribution in [3.8, 4) is 6.07 Å². The van der Waals surface area contributed by atoms with E-state index >= 15 is 0 Å². The van der Waals surface area contributed by atoms with Gasteiger partial charge in [-0.3, -0.25) is 9.59 Å². The third kappa shape index (κ3) is 5.17. The third-order valence-electron chi connectivity index (χ3n) is 3.18. The number of nitrogens with zero attached hydrogens (tertiary/aromatic N) is 1. The van der Waals surface area contributed by atoms with Crippen LogP contribution in [0.1, 0.15) is 26.2 Å². The summed E-state index contributed by atoms with van der Waals surface area (Å²) < 4.78 is 22.7. The summed E-state index contributed by atoms with van der Waals surface area (Å²) >= 11 is 0. The summed E-state index contributed by atoms with van der Waals surface area (Å²) in [5.41, 5.74) is -0.483. The van der Waals surface area contributed by atoms with Gasteiger partial charge < -0.3 is 10.6 Å². The van der Waals surface area contributed by atoms with Gasteiger partial charge in [0.1, 0.15) is 15.9 Å². The van der Waals surface area contributed by atoms with E-state index < -0.39 is 33.0 Å². The Balaban J connectivity index is 2.67. The zero-order valence-electron chi connectivity index (χ0n) is 11.6. The molecule has 2 amide bonds. The van der Waals surface area contributed by atoms with Crippen molar-refractivity contribution in [3.05, 3.63) is 0 Å². The lowest BCUT2D eigenvalue weighted by atomic mass is 10.1. The smallest absolute Gasteiger partial charge is 0.243 e. The molecule has 0 aromatic rings. The Morgan fingerprint density at radius 1 is 1.40 bits per heavy atom. The molecule has 0 aromatic carbocycles. The summed E-state index contributed by atoms with van der Waals surface area (Å²) in [4.78, 5) is 23.8. The number of nitriles is 1. The highest BCUT2D eigenvalue weighted by atomic mass is 32.2.